The van der Waals surface area contributed by atoms with Crippen molar-refractivity contribution in [2.75, 3.05) is 5.32 Å². The first kappa shape index (κ1) is 14.5. The van der Waals surface area contributed by atoms with Crippen molar-refractivity contribution in [3.8, 4) is 0 Å². The van der Waals surface area contributed by atoms with Crippen LogP contribution in [0.3, 0.4) is 0 Å². The lowest BCUT2D eigenvalue weighted by molar-refractivity contribution is -0.126. The normalized spacial score (nSPS) is 17.6. The summed E-state index contributed by atoms with van der Waals surface area (Å²) in [5, 5.41) is 4.12. The largest absolute Gasteiger partial charge is 0.324 e. The summed E-state index contributed by atoms with van der Waals surface area (Å²) in [6.45, 7) is 2.08. The molecule has 1 N–H and O–H groups in total. The van der Waals surface area contributed by atoms with Gasteiger partial charge in [-0.15, -0.1) is 0 Å². The van der Waals surface area contributed by atoms with Gasteiger partial charge in [0, 0.05) is 21.5 Å². The lowest BCUT2D eigenvalue weighted by atomic mass is 9.75. The molecule has 1 aromatic carbocycles. The van der Waals surface area contributed by atoms with E-state index in [-0.39, 0.29) is 11.3 Å². The Balaban J connectivity index is 1.89. The Labute approximate surface area is 133 Å². The number of hydrogen-bond acceptors (Lipinski definition) is 2. The van der Waals surface area contributed by atoms with E-state index in [0.29, 0.717) is 0 Å². The molecule has 0 atom stereocenters. The lowest BCUT2D eigenvalue weighted by Gasteiger charge is -2.32. The molecule has 1 fully saturated rings. The molecule has 0 saturated heterocycles. The van der Waals surface area contributed by atoms with Crippen LogP contribution in [0.2, 0.25) is 0 Å². The fraction of sp³-hybridized carbons (Fsp3) is 0.412. The van der Waals surface area contributed by atoms with Gasteiger partial charge in [0.15, 0.2) is 0 Å². The summed E-state index contributed by atoms with van der Waals surface area (Å²) in [6, 6.07) is 7.90. The fourth-order valence-corrected chi connectivity index (χ4v) is 3.42. The molecule has 0 radical (unpaired) electrons. The molecular formula is C17H19BrN2O. The van der Waals surface area contributed by atoms with Crippen molar-refractivity contribution < 1.29 is 4.79 Å². The van der Waals surface area contributed by atoms with Gasteiger partial charge in [0.25, 0.3) is 0 Å². The molecule has 4 heteroatoms. The van der Waals surface area contributed by atoms with Crippen molar-refractivity contribution in [1.29, 1.82) is 0 Å². The average molecular weight is 347 g/mol. The molecule has 0 spiro atoms. The number of anilines is 1. The second kappa shape index (κ2) is 5.76. The van der Waals surface area contributed by atoms with Crippen LogP contribution in [0.15, 0.2) is 34.9 Å². The highest BCUT2D eigenvalue weighted by Gasteiger charge is 2.34. The lowest BCUT2D eigenvalue weighted by Crippen LogP contribution is -2.35. The first-order valence-electron chi connectivity index (χ1n) is 7.44. The predicted molar refractivity (Wildman–Crippen MR) is 89.3 cm³/mol. The maximum Gasteiger partial charge on any atom is 0.230 e. The summed E-state index contributed by atoms with van der Waals surface area (Å²) >= 11 is 3.43. The van der Waals surface area contributed by atoms with Crippen LogP contribution in [0, 0.1) is 5.41 Å². The third-order valence-corrected chi connectivity index (χ3v) is 4.86. The first-order chi connectivity index (χ1) is 10.1. The smallest absolute Gasteiger partial charge is 0.230 e. The van der Waals surface area contributed by atoms with E-state index in [4.69, 9.17) is 0 Å². The summed E-state index contributed by atoms with van der Waals surface area (Å²) in [7, 11) is 0. The van der Waals surface area contributed by atoms with Gasteiger partial charge in [-0.05, 0) is 40.9 Å². The number of amides is 1. The molecule has 1 heterocycles. The van der Waals surface area contributed by atoms with Gasteiger partial charge in [0.2, 0.25) is 5.91 Å². The van der Waals surface area contributed by atoms with E-state index >= 15 is 0 Å². The van der Waals surface area contributed by atoms with Gasteiger partial charge in [0.05, 0.1) is 11.2 Å². The van der Waals surface area contributed by atoms with Gasteiger partial charge in [-0.25, -0.2) is 0 Å². The van der Waals surface area contributed by atoms with Gasteiger partial charge < -0.3 is 5.32 Å². The van der Waals surface area contributed by atoms with Crippen LogP contribution in [0.5, 0.6) is 0 Å². The predicted octanol–water partition coefficient (Wildman–Crippen LogP) is 4.91. The number of hydrogen-bond donors (Lipinski definition) is 1. The van der Waals surface area contributed by atoms with Crippen LogP contribution in [0.1, 0.15) is 39.0 Å². The van der Waals surface area contributed by atoms with Crippen LogP contribution in [0.25, 0.3) is 10.9 Å². The van der Waals surface area contributed by atoms with E-state index in [1.165, 1.54) is 6.42 Å². The summed E-state index contributed by atoms with van der Waals surface area (Å²) < 4.78 is 0.942. The SMILES string of the molecule is CC1(C(=O)Nc2cccc3cc(Br)cnc23)CCCCC1. The quantitative estimate of drug-likeness (QED) is 0.839. The zero-order valence-corrected chi connectivity index (χ0v) is 13.7. The third-order valence-electron chi connectivity index (χ3n) is 4.43. The van der Waals surface area contributed by atoms with E-state index < -0.39 is 0 Å². The number of rotatable bonds is 2. The number of fused-ring (bicyclic) bond motifs is 1. The summed E-state index contributed by atoms with van der Waals surface area (Å²) in [6.07, 6.45) is 7.24. The molecule has 0 aliphatic heterocycles. The minimum absolute atomic E-state index is 0.124. The standard InChI is InChI=1S/C17H19BrN2O/c1-17(8-3-2-4-9-17)16(21)20-14-7-5-6-12-10-13(18)11-19-15(12)14/h5-7,10-11H,2-4,8-9H2,1H3,(H,20,21). The maximum atomic E-state index is 12.7. The topological polar surface area (TPSA) is 42.0 Å². The molecule has 1 aromatic heterocycles. The second-order valence-electron chi connectivity index (χ2n) is 6.11. The molecule has 3 nitrogen and oxygen atoms in total. The molecule has 1 aliphatic carbocycles. The minimum Gasteiger partial charge on any atom is -0.324 e. The fourth-order valence-electron chi connectivity index (χ4n) is 3.07. The van der Waals surface area contributed by atoms with Gasteiger partial charge in [-0.3, -0.25) is 9.78 Å². The molecule has 0 unspecified atom stereocenters. The number of para-hydroxylation sites is 1. The van der Waals surface area contributed by atoms with Crippen LogP contribution in [-0.2, 0) is 4.79 Å². The molecule has 1 amide bonds. The Morgan fingerprint density at radius 3 is 2.81 bits per heavy atom. The molecule has 3 rings (SSSR count). The Morgan fingerprint density at radius 1 is 1.29 bits per heavy atom. The summed E-state index contributed by atoms with van der Waals surface area (Å²) in [5.41, 5.74) is 1.40. The molecule has 2 aromatic rings. The highest BCUT2D eigenvalue weighted by molar-refractivity contribution is 9.10. The van der Waals surface area contributed by atoms with Gasteiger partial charge >= 0.3 is 0 Å². The van der Waals surface area contributed by atoms with Crippen molar-refractivity contribution in [1.82, 2.24) is 4.98 Å². The highest BCUT2D eigenvalue weighted by Crippen LogP contribution is 2.37. The van der Waals surface area contributed by atoms with Gasteiger partial charge in [-0.1, -0.05) is 38.3 Å². The Hall–Kier alpha value is -1.42. The molecular weight excluding hydrogens is 328 g/mol. The van der Waals surface area contributed by atoms with Crippen LogP contribution < -0.4 is 5.32 Å². The summed E-state index contributed by atoms with van der Waals surface area (Å²) in [5.74, 6) is 0.124. The van der Waals surface area contributed by atoms with E-state index in [0.717, 1.165) is 46.7 Å². The number of carbonyl (C=O) groups is 1. The van der Waals surface area contributed by atoms with E-state index in [1.807, 2.05) is 24.3 Å². The van der Waals surface area contributed by atoms with Crippen LogP contribution in [-0.4, -0.2) is 10.9 Å². The number of benzene rings is 1. The van der Waals surface area contributed by atoms with Gasteiger partial charge in [-0.2, -0.15) is 0 Å². The number of aromatic nitrogens is 1. The highest BCUT2D eigenvalue weighted by atomic mass is 79.9. The Morgan fingerprint density at radius 2 is 2.05 bits per heavy atom. The molecule has 21 heavy (non-hydrogen) atoms. The van der Waals surface area contributed by atoms with Crippen LogP contribution >= 0.6 is 15.9 Å². The zero-order valence-electron chi connectivity index (χ0n) is 12.2. The second-order valence-corrected chi connectivity index (χ2v) is 7.02. The first-order valence-corrected chi connectivity index (χ1v) is 8.24. The van der Waals surface area contributed by atoms with Crippen molar-refractivity contribution in [2.45, 2.75) is 39.0 Å². The maximum absolute atomic E-state index is 12.7. The average Bonchev–Trinajstić information content (AvgIpc) is 2.48. The van der Waals surface area contributed by atoms with Crippen molar-refractivity contribution in [2.24, 2.45) is 5.41 Å². The zero-order chi connectivity index (χ0) is 14.9. The minimum atomic E-state index is -0.240. The monoisotopic (exact) mass is 346 g/mol. The van der Waals surface area contributed by atoms with E-state index in [2.05, 4.69) is 33.2 Å². The number of nitrogens with one attached hydrogen (secondary N) is 1. The van der Waals surface area contributed by atoms with Crippen LogP contribution in [0.4, 0.5) is 5.69 Å². The number of halogens is 1. The van der Waals surface area contributed by atoms with E-state index in [1.54, 1.807) is 6.20 Å². The Kier molecular flexibility index (Phi) is 3.98. The van der Waals surface area contributed by atoms with Crippen molar-refractivity contribution in [3.05, 3.63) is 34.9 Å². The van der Waals surface area contributed by atoms with Crippen molar-refractivity contribution >= 4 is 38.4 Å². The molecule has 1 saturated carbocycles. The number of nitrogens with zero attached hydrogens (tertiary/aromatic N) is 1. The molecule has 1 aliphatic rings. The molecule has 110 valence electrons. The summed E-state index contributed by atoms with van der Waals surface area (Å²) in [4.78, 5) is 17.1. The van der Waals surface area contributed by atoms with E-state index in [9.17, 15) is 4.79 Å². The Bertz CT molecular complexity index is 678. The number of carbonyl (C=O) groups excluding carboxylic acids is 1. The number of pyridine rings is 1. The van der Waals surface area contributed by atoms with Gasteiger partial charge in [0.1, 0.15) is 0 Å². The van der Waals surface area contributed by atoms with Crippen molar-refractivity contribution in [3.63, 3.8) is 0 Å². The third kappa shape index (κ3) is 2.95. The molecule has 0 bridgehead atoms.